The van der Waals surface area contributed by atoms with Gasteiger partial charge in [0.2, 0.25) is 0 Å². The van der Waals surface area contributed by atoms with Gasteiger partial charge in [-0.1, -0.05) is 0 Å². The Morgan fingerprint density at radius 3 is 2.42 bits per heavy atom. The third-order valence-corrected chi connectivity index (χ3v) is 3.07. The number of imide groups is 1. The van der Waals surface area contributed by atoms with Gasteiger partial charge in [-0.15, -0.1) is 0 Å². The fraction of sp³-hybridized carbons (Fsp3) is 0. The summed E-state index contributed by atoms with van der Waals surface area (Å²) in [4.78, 5) is 33.3. The predicted octanol–water partition coefficient (Wildman–Crippen LogP) is 1.28. The third kappa shape index (κ3) is 3.66. The van der Waals surface area contributed by atoms with Crippen molar-refractivity contribution in [3.8, 4) is 11.8 Å². The summed E-state index contributed by atoms with van der Waals surface area (Å²) in [7, 11) is 0. The van der Waals surface area contributed by atoms with Crippen molar-refractivity contribution < 1.29 is 19.5 Å². The summed E-state index contributed by atoms with van der Waals surface area (Å²) in [6.45, 7) is 0. The molecule has 8 nitrogen and oxygen atoms in total. The number of hydrogen-bond donors (Lipinski definition) is 3. The van der Waals surface area contributed by atoms with E-state index in [2.05, 4.69) is 0 Å². The minimum Gasteiger partial charge on any atom is -0.478 e. The summed E-state index contributed by atoms with van der Waals surface area (Å²) < 4.78 is 1.65. The van der Waals surface area contributed by atoms with Gasteiger partial charge in [0.1, 0.15) is 11.6 Å². The minimum absolute atomic E-state index is 0.140. The maximum absolute atomic E-state index is 11.7. The average molecular weight is 324 g/mol. The lowest BCUT2D eigenvalue weighted by atomic mass is 10.2. The Labute approximate surface area is 136 Å². The van der Waals surface area contributed by atoms with Crippen molar-refractivity contribution >= 4 is 24.0 Å². The summed E-state index contributed by atoms with van der Waals surface area (Å²) in [5.41, 5.74) is 5.84. The number of benzene rings is 1. The molecule has 24 heavy (non-hydrogen) atoms. The van der Waals surface area contributed by atoms with E-state index in [4.69, 9.17) is 16.1 Å². The molecule has 0 aliphatic heterocycles. The lowest BCUT2D eigenvalue weighted by Crippen LogP contribution is -2.35. The van der Waals surface area contributed by atoms with Crippen LogP contribution in [0.15, 0.2) is 48.2 Å². The van der Waals surface area contributed by atoms with Gasteiger partial charge in [0.05, 0.1) is 5.56 Å². The highest BCUT2D eigenvalue weighted by Crippen LogP contribution is 2.16. The molecule has 0 atom stereocenters. The normalized spacial score (nSPS) is 10.7. The van der Waals surface area contributed by atoms with Crippen molar-refractivity contribution in [1.29, 1.82) is 5.26 Å². The maximum Gasteiger partial charge on any atom is 0.335 e. The number of nitrogens with zero attached hydrogens (tertiary/aromatic N) is 2. The Balaban J connectivity index is 2.37. The lowest BCUT2D eigenvalue weighted by Gasteiger charge is -2.07. The van der Waals surface area contributed by atoms with E-state index in [0.717, 1.165) is 0 Å². The second-order valence-electron chi connectivity index (χ2n) is 4.64. The van der Waals surface area contributed by atoms with Crippen LogP contribution in [0.2, 0.25) is 0 Å². The molecule has 0 bridgehead atoms. The lowest BCUT2D eigenvalue weighted by molar-refractivity contribution is -0.115. The number of primary amides is 1. The second-order valence-corrected chi connectivity index (χ2v) is 4.64. The van der Waals surface area contributed by atoms with Crippen LogP contribution in [0.5, 0.6) is 0 Å². The van der Waals surface area contributed by atoms with E-state index < -0.39 is 17.9 Å². The fourth-order valence-electron chi connectivity index (χ4n) is 1.99. The van der Waals surface area contributed by atoms with Gasteiger partial charge in [-0.05, 0) is 42.5 Å². The quantitative estimate of drug-likeness (QED) is 0.574. The SMILES string of the molecule is N#CC(=Cc1cccn1-c1ccc(C(=O)O)cc1)C(=O)NC(N)=O. The van der Waals surface area contributed by atoms with Gasteiger partial charge >= 0.3 is 12.0 Å². The molecule has 1 heterocycles. The molecular weight excluding hydrogens is 312 g/mol. The maximum atomic E-state index is 11.7. The number of hydrogen-bond acceptors (Lipinski definition) is 4. The number of carboxylic acid groups (broad SMARTS) is 1. The van der Waals surface area contributed by atoms with E-state index in [0.29, 0.717) is 11.4 Å². The summed E-state index contributed by atoms with van der Waals surface area (Å²) in [5.74, 6) is -1.94. The number of nitriles is 1. The van der Waals surface area contributed by atoms with Crippen LogP contribution in [0.3, 0.4) is 0 Å². The Hall–Kier alpha value is -3.86. The Kier molecular flexibility index (Phi) is 4.77. The van der Waals surface area contributed by atoms with Crippen molar-refractivity contribution in [2.24, 2.45) is 5.73 Å². The van der Waals surface area contributed by atoms with Crippen molar-refractivity contribution in [2.45, 2.75) is 0 Å². The topological polar surface area (TPSA) is 138 Å². The molecule has 0 saturated carbocycles. The number of urea groups is 1. The van der Waals surface area contributed by atoms with Crippen LogP contribution in [-0.4, -0.2) is 27.6 Å². The van der Waals surface area contributed by atoms with Gasteiger partial charge in [-0.3, -0.25) is 10.1 Å². The van der Waals surface area contributed by atoms with Crippen molar-refractivity contribution in [2.75, 3.05) is 0 Å². The Bertz CT molecular complexity index is 872. The van der Waals surface area contributed by atoms with E-state index in [9.17, 15) is 14.4 Å². The molecule has 120 valence electrons. The molecule has 0 spiro atoms. The highest BCUT2D eigenvalue weighted by molar-refractivity contribution is 6.08. The zero-order valence-corrected chi connectivity index (χ0v) is 12.3. The molecule has 2 aromatic rings. The van der Waals surface area contributed by atoms with E-state index in [1.165, 1.54) is 18.2 Å². The molecule has 1 aromatic carbocycles. The van der Waals surface area contributed by atoms with Crippen LogP contribution in [0.25, 0.3) is 11.8 Å². The highest BCUT2D eigenvalue weighted by atomic mass is 16.4. The number of carbonyl (C=O) groups excluding carboxylic acids is 2. The first kappa shape index (κ1) is 16.5. The van der Waals surface area contributed by atoms with Gasteiger partial charge < -0.3 is 15.4 Å². The molecule has 0 aliphatic carbocycles. The van der Waals surface area contributed by atoms with Crippen LogP contribution in [0.4, 0.5) is 4.79 Å². The van der Waals surface area contributed by atoms with Crippen molar-refractivity contribution in [3.05, 3.63) is 59.4 Å². The summed E-state index contributed by atoms with van der Waals surface area (Å²) >= 11 is 0. The van der Waals surface area contributed by atoms with Crippen LogP contribution >= 0.6 is 0 Å². The first-order valence-electron chi connectivity index (χ1n) is 6.66. The highest BCUT2D eigenvalue weighted by Gasteiger charge is 2.12. The number of rotatable bonds is 4. The number of aromatic carboxylic acids is 1. The molecule has 4 N–H and O–H groups in total. The first-order valence-corrected chi connectivity index (χ1v) is 6.66. The van der Waals surface area contributed by atoms with Crippen molar-refractivity contribution in [3.63, 3.8) is 0 Å². The zero-order valence-electron chi connectivity index (χ0n) is 12.3. The Morgan fingerprint density at radius 1 is 1.21 bits per heavy atom. The summed E-state index contributed by atoms with van der Waals surface area (Å²) in [6, 6.07) is 10.1. The standard InChI is InChI=1S/C16H12N4O4/c17-9-11(14(21)19-16(18)24)8-13-2-1-7-20(13)12-5-3-10(4-6-12)15(22)23/h1-8H,(H,22,23)(H3,18,19,21,24). The molecule has 0 saturated heterocycles. The van der Waals surface area contributed by atoms with Gasteiger partial charge in [0.25, 0.3) is 5.91 Å². The van der Waals surface area contributed by atoms with Gasteiger partial charge in [0.15, 0.2) is 0 Å². The molecule has 0 radical (unpaired) electrons. The van der Waals surface area contributed by atoms with Gasteiger partial charge in [0, 0.05) is 17.6 Å². The zero-order chi connectivity index (χ0) is 17.7. The van der Waals surface area contributed by atoms with Gasteiger partial charge in [-0.2, -0.15) is 5.26 Å². The second kappa shape index (κ2) is 6.93. The number of nitrogens with two attached hydrogens (primary N) is 1. The summed E-state index contributed by atoms with van der Waals surface area (Å²) in [6.07, 6.45) is 2.98. The number of carbonyl (C=O) groups is 3. The van der Waals surface area contributed by atoms with E-state index in [1.807, 2.05) is 5.32 Å². The molecule has 0 fully saturated rings. The number of carboxylic acids is 1. The molecular formula is C16H12N4O4. The van der Waals surface area contributed by atoms with E-state index in [-0.39, 0.29) is 11.1 Å². The van der Waals surface area contributed by atoms with Crippen LogP contribution in [0, 0.1) is 11.3 Å². The molecule has 0 unspecified atom stereocenters. The number of amides is 3. The first-order chi connectivity index (χ1) is 11.4. The summed E-state index contributed by atoms with van der Waals surface area (Å²) in [5, 5.41) is 19.8. The largest absolute Gasteiger partial charge is 0.478 e. The van der Waals surface area contributed by atoms with E-state index >= 15 is 0 Å². The Morgan fingerprint density at radius 2 is 1.88 bits per heavy atom. The van der Waals surface area contributed by atoms with Crippen molar-refractivity contribution in [1.82, 2.24) is 9.88 Å². The predicted molar refractivity (Wildman–Crippen MR) is 84.0 cm³/mol. The molecule has 3 amide bonds. The van der Waals surface area contributed by atoms with Gasteiger partial charge in [-0.25, -0.2) is 9.59 Å². The molecule has 1 aromatic heterocycles. The van der Waals surface area contributed by atoms with E-state index in [1.54, 1.807) is 41.1 Å². The van der Waals surface area contributed by atoms with Crippen LogP contribution < -0.4 is 11.1 Å². The number of aromatic nitrogens is 1. The molecule has 2 rings (SSSR count). The average Bonchev–Trinajstić information content (AvgIpc) is 3.00. The fourth-order valence-corrected chi connectivity index (χ4v) is 1.99. The smallest absolute Gasteiger partial charge is 0.335 e. The molecule has 8 heteroatoms. The minimum atomic E-state index is -1.05. The molecule has 0 aliphatic rings. The third-order valence-electron chi connectivity index (χ3n) is 3.07. The monoisotopic (exact) mass is 324 g/mol. The van der Waals surface area contributed by atoms with Crippen LogP contribution in [0.1, 0.15) is 16.1 Å². The number of nitrogens with one attached hydrogen (secondary N) is 1. The van der Waals surface area contributed by atoms with Crippen LogP contribution in [-0.2, 0) is 4.79 Å².